The molecule has 0 aromatic heterocycles. The molecule has 4 aromatic rings. The fourth-order valence-corrected chi connectivity index (χ4v) is 8.88. The Morgan fingerprint density at radius 2 is 0.483 bits per heavy atom. The van der Waals surface area contributed by atoms with E-state index in [9.17, 15) is 0 Å². The van der Waals surface area contributed by atoms with Crippen LogP contribution in [0.15, 0.2) is 97.1 Å². The van der Waals surface area contributed by atoms with E-state index in [4.69, 9.17) is 0 Å². The molecule has 0 radical (unpaired) electrons. The van der Waals surface area contributed by atoms with Crippen molar-refractivity contribution in [2.24, 2.45) is 0 Å². The van der Waals surface area contributed by atoms with Crippen LogP contribution >= 0.6 is 0 Å². The summed E-state index contributed by atoms with van der Waals surface area (Å²) >= 11 is 0. The molecule has 0 N–H and O–H groups in total. The molecule has 0 bridgehead atoms. The van der Waals surface area contributed by atoms with Crippen LogP contribution in [0.25, 0.3) is 0 Å². The maximum atomic E-state index is 2.35. The van der Waals surface area contributed by atoms with Gasteiger partial charge in [-0.05, 0) is 48.4 Å². The zero-order chi connectivity index (χ0) is 20.4. The van der Waals surface area contributed by atoms with E-state index in [0.717, 1.165) is 0 Å². The third-order valence-electron chi connectivity index (χ3n) is 5.94. The van der Waals surface area contributed by atoms with Gasteiger partial charge in [0.15, 0.2) is 8.07 Å². The maximum Gasteiger partial charge on any atom is 0.179 e. The summed E-state index contributed by atoms with van der Waals surface area (Å²) in [5.41, 5.74) is 5.20. The summed E-state index contributed by atoms with van der Waals surface area (Å²) in [5, 5.41) is 5.72. The molecule has 0 spiro atoms. The molecule has 4 aromatic carbocycles. The summed E-state index contributed by atoms with van der Waals surface area (Å²) < 4.78 is 0. The molecule has 1 heteroatoms. The van der Waals surface area contributed by atoms with E-state index < -0.39 is 8.07 Å². The fourth-order valence-electron chi connectivity index (χ4n) is 4.21. The van der Waals surface area contributed by atoms with Crippen molar-refractivity contribution >= 4 is 28.8 Å². The highest BCUT2D eigenvalue weighted by Gasteiger charge is 2.41. The molecular formula is C28H28Si. The second-order valence-electron chi connectivity index (χ2n) is 8.21. The third-order valence-corrected chi connectivity index (χ3v) is 10.7. The van der Waals surface area contributed by atoms with Gasteiger partial charge in [-0.1, -0.05) is 119 Å². The minimum atomic E-state index is -2.39. The highest BCUT2D eigenvalue weighted by molar-refractivity contribution is 7.19. The standard InChI is InChI=1S/C28H28Si/c1-21-5-13-25(14-6-21)29(26-15-7-22(2)8-16-26,27-17-9-23(3)10-18-27)28-19-11-24(4)12-20-28/h5-20H,1-4H3. The number of hydrogen-bond donors (Lipinski definition) is 0. The van der Waals surface area contributed by atoms with Gasteiger partial charge in [-0.3, -0.25) is 0 Å². The Morgan fingerprint density at radius 3 is 0.655 bits per heavy atom. The van der Waals surface area contributed by atoms with E-state index in [0.29, 0.717) is 0 Å². The van der Waals surface area contributed by atoms with Gasteiger partial charge >= 0.3 is 0 Å². The monoisotopic (exact) mass is 392 g/mol. The van der Waals surface area contributed by atoms with Gasteiger partial charge in [0.25, 0.3) is 0 Å². The predicted molar refractivity (Wildman–Crippen MR) is 129 cm³/mol. The topological polar surface area (TPSA) is 0 Å². The summed E-state index contributed by atoms with van der Waals surface area (Å²) in [5.74, 6) is 0. The van der Waals surface area contributed by atoms with Crippen LogP contribution in [-0.2, 0) is 0 Å². The summed E-state index contributed by atoms with van der Waals surface area (Å²) in [6.07, 6.45) is 0. The Morgan fingerprint density at radius 1 is 0.310 bits per heavy atom. The SMILES string of the molecule is Cc1ccc([Si](c2ccc(C)cc2)(c2ccc(C)cc2)c2ccc(C)cc2)cc1. The van der Waals surface area contributed by atoms with Crippen LogP contribution in [0.1, 0.15) is 22.3 Å². The van der Waals surface area contributed by atoms with Gasteiger partial charge in [0.05, 0.1) is 0 Å². The van der Waals surface area contributed by atoms with Gasteiger partial charge in [0.1, 0.15) is 0 Å². The first-order valence-corrected chi connectivity index (χ1v) is 12.3. The van der Waals surface area contributed by atoms with Crippen molar-refractivity contribution in [2.45, 2.75) is 27.7 Å². The van der Waals surface area contributed by atoms with Crippen molar-refractivity contribution in [3.63, 3.8) is 0 Å². The molecule has 0 nitrogen and oxygen atoms in total. The van der Waals surface area contributed by atoms with Crippen LogP contribution in [0.4, 0.5) is 0 Å². The molecule has 0 amide bonds. The van der Waals surface area contributed by atoms with Crippen LogP contribution in [0.2, 0.25) is 0 Å². The Labute approximate surface area is 175 Å². The Bertz CT molecular complexity index is 900. The van der Waals surface area contributed by atoms with Gasteiger partial charge in [-0.25, -0.2) is 0 Å². The highest BCUT2D eigenvalue weighted by Crippen LogP contribution is 2.12. The Hall–Kier alpha value is -2.90. The fraction of sp³-hybridized carbons (Fsp3) is 0.143. The van der Waals surface area contributed by atoms with Gasteiger partial charge < -0.3 is 0 Å². The van der Waals surface area contributed by atoms with E-state index in [1.165, 1.54) is 43.0 Å². The minimum absolute atomic E-state index is 1.30. The van der Waals surface area contributed by atoms with Crippen LogP contribution in [-0.4, -0.2) is 8.07 Å². The number of benzene rings is 4. The van der Waals surface area contributed by atoms with Crippen molar-refractivity contribution in [2.75, 3.05) is 0 Å². The average Bonchev–Trinajstić information content (AvgIpc) is 2.73. The number of rotatable bonds is 4. The lowest BCUT2D eigenvalue weighted by Crippen LogP contribution is -2.74. The average molecular weight is 393 g/mol. The van der Waals surface area contributed by atoms with Gasteiger partial charge in [0.2, 0.25) is 0 Å². The van der Waals surface area contributed by atoms with Crippen LogP contribution < -0.4 is 20.7 Å². The minimum Gasteiger partial charge on any atom is -0.0616 e. The second-order valence-corrected chi connectivity index (χ2v) is 12.0. The maximum absolute atomic E-state index is 2.39. The molecule has 144 valence electrons. The number of aryl methyl sites for hydroxylation is 4. The highest BCUT2D eigenvalue weighted by atomic mass is 28.3. The lowest BCUT2D eigenvalue weighted by atomic mass is 10.2. The first kappa shape index (κ1) is 19.4. The molecule has 4 rings (SSSR count). The van der Waals surface area contributed by atoms with Crippen molar-refractivity contribution in [3.05, 3.63) is 119 Å². The van der Waals surface area contributed by atoms with Gasteiger partial charge in [-0.15, -0.1) is 0 Å². The zero-order valence-electron chi connectivity index (χ0n) is 17.7. The zero-order valence-corrected chi connectivity index (χ0v) is 18.7. The van der Waals surface area contributed by atoms with Crippen molar-refractivity contribution in [3.8, 4) is 0 Å². The van der Waals surface area contributed by atoms with Crippen molar-refractivity contribution < 1.29 is 0 Å². The van der Waals surface area contributed by atoms with E-state index in [-0.39, 0.29) is 0 Å². The lowest BCUT2D eigenvalue weighted by Gasteiger charge is -2.34. The smallest absolute Gasteiger partial charge is 0.0616 e. The Balaban J connectivity index is 2.11. The molecule has 29 heavy (non-hydrogen) atoms. The van der Waals surface area contributed by atoms with Gasteiger partial charge in [0, 0.05) is 0 Å². The Kier molecular flexibility index (Phi) is 5.25. The quantitative estimate of drug-likeness (QED) is 0.359. The molecule has 0 atom stereocenters. The molecule has 0 saturated heterocycles. The molecule has 0 aliphatic heterocycles. The largest absolute Gasteiger partial charge is 0.179 e. The normalized spacial score (nSPS) is 11.4. The second kappa shape index (κ2) is 7.85. The molecule has 0 fully saturated rings. The summed E-state index contributed by atoms with van der Waals surface area (Å²) in [6, 6.07) is 36.8. The van der Waals surface area contributed by atoms with E-state index in [2.05, 4.69) is 125 Å². The van der Waals surface area contributed by atoms with Gasteiger partial charge in [-0.2, -0.15) is 0 Å². The summed E-state index contributed by atoms with van der Waals surface area (Å²) in [7, 11) is -2.39. The van der Waals surface area contributed by atoms with E-state index in [1.807, 2.05) is 0 Å². The van der Waals surface area contributed by atoms with Crippen molar-refractivity contribution in [1.29, 1.82) is 0 Å². The summed E-state index contributed by atoms with van der Waals surface area (Å²) in [6.45, 7) is 8.65. The first-order valence-electron chi connectivity index (χ1n) is 10.3. The predicted octanol–water partition coefficient (Wildman–Crippen LogP) is 4.30. The molecule has 0 heterocycles. The van der Waals surface area contributed by atoms with E-state index >= 15 is 0 Å². The first-order chi connectivity index (χ1) is 14.0. The number of hydrogen-bond acceptors (Lipinski definition) is 0. The van der Waals surface area contributed by atoms with Crippen LogP contribution in [0.5, 0.6) is 0 Å². The van der Waals surface area contributed by atoms with Crippen LogP contribution in [0, 0.1) is 27.7 Å². The van der Waals surface area contributed by atoms with Crippen molar-refractivity contribution in [1.82, 2.24) is 0 Å². The molecule has 0 unspecified atom stereocenters. The third kappa shape index (κ3) is 3.59. The summed E-state index contributed by atoms with van der Waals surface area (Å²) in [4.78, 5) is 0. The molecular weight excluding hydrogens is 364 g/mol. The molecule has 0 aliphatic rings. The van der Waals surface area contributed by atoms with E-state index in [1.54, 1.807) is 0 Å². The lowest BCUT2D eigenvalue weighted by molar-refractivity contribution is 1.46. The molecule has 0 aliphatic carbocycles. The molecule has 0 saturated carbocycles. The van der Waals surface area contributed by atoms with Crippen LogP contribution in [0.3, 0.4) is 0 Å².